The van der Waals surface area contributed by atoms with E-state index in [0.29, 0.717) is 17.4 Å². The minimum atomic E-state index is -0.00308. The highest BCUT2D eigenvalue weighted by Gasteiger charge is 2.25. The third-order valence-corrected chi connectivity index (χ3v) is 3.51. The van der Waals surface area contributed by atoms with Gasteiger partial charge in [0.15, 0.2) is 11.7 Å². The lowest BCUT2D eigenvalue weighted by molar-refractivity contribution is 0.101. The Bertz CT molecular complexity index is 387. The van der Waals surface area contributed by atoms with Gasteiger partial charge in [0, 0.05) is 12.8 Å². The molecule has 0 amide bonds. The van der Waals surface area contributed by atoms with E-state index >= 15 is 0 Å². The van der Waals surface area contributed by atoms with Crippen LogP contribution in [-0.4, -0.2) is 10.8 Å². The molecule has 1 heterocycles. The maximum atomic E-state index is 11.3. The van der Waals surface area contributed by atoms with Gasteiger partial charge in [-0.3, -0.25) is 4.79 Å². The largest absolute Gasteiger partial charge is 0.445 e. The third kappa shape index (κ3) is 2.18. The van der Waals surface area contributed by atoms with Crippen molar-refractivity contribution in [1.82, 2.24) is 4.98 Å². The monoisotopic (exact) mass is 221 g/mol. The van der Waals surface area contributed by atoms with Gasteiger partial charge in [0.2, 0.25) is 0 Å². The van der Waals surface area contributed by atoms with Crippen molar-refractivity contribution in [2.75, 3.05) is 0 Å². The van der Waals surface area contributed by atoms with Crippen LogP contribution >= 0.6 is 0 Å². The molecule has 16 heavy (non-hydrogen) atoms. The van der Waals surface area contributed by atoms with E-state index in [1.807, 2.05) is 6.92 Å². The first-order chi connectivity index (χ1) is 7.58. The summed E-state index contributed by atoms with van der Waals surface area (Å²) in [5.41, 5.74) is 0.508. The van der Waals surface area contributed by atoms with Crippen molar-refractivity contribution < 1.29 is 9.21 Å². The first-order valence-electron chi connectivity index (χ1n) is 6.06. The van der Waals surface area contributed by atoms with Crippen LogP contribution in [0.15, 0.2) is 4.42 Å². The first kappa shape index (κ1) is 11.4. The molecule has 88 valence electrons. The SMILES string of the molecule is CC(=O)c1nc([C@H]2CC[C@H](C)CC2)oc1C. The number of hydrogen-bond acceptors (Lipinski definition) is 3. The van der Waals surface area contributed by atoms with Gasteiger partial charge in [-0.05, 0) is 38.5 Å². The molecule has 0 unspecified atom stereocenters. The molecule has 3 nitrogen and oxygen atoms in total. The summed E-state index contributed by atoms with van der Waals surface area (Å²) in [4.78, 5) is 15.6. The Morgan fingerprint density at radius 3 is 2.44 bits per heavy atom. The fourth-order valence-electron chi connectivity index (χ4n) is 2.43. The lowest BCUT2D eigenvalue weighted by Gasteiger charge is -2.23. The van der Waals surface area contributed by atoms with E-state index in [-0.39, 0.29) is 5.78 Å². The maximum absolute atomic E-state index is 11.3. The van der Waals surface area contributed by atoms with Crippen LogP contribution in [0.2, 0.25) is 0 Å². The van der Waals surface area contributed by atoms with Gasteiger partial charge in [-0.15, -0.1) is 0 Å². The average molecular weight is 221 g/mol. The van der Waals surface area contributed by atoms with Crippen LogP contribution in [0.25, 0.3) is 0 Å². The van der Waals surface area contributed by atoms with Gasteiger partial charge in [0.1, 0.15) is 11.5 Å². The Hall–Kier alpha value is -1.12. The second-order valence-corrected chi connectivity index (χ2v) is 4.97. The topological polar surface area (TPSA) is 43.1 Å². The van der Waals surface area contributed by atoms with Gasteiger partial charge in [0.25, 0.3) is 0 Å². The molecule has 3 heteroatoms. The number of carbonyl (C=O) groups excluding carboxylic acids is 1. The number of carbonyl (C=O) groups is 1. The standard InChI is InChI=1S/C13H19NO2/c1-8-4-6-11(7-5-8)13-14-12(9(2)15)10(3)16-13/h8,11H,4-7H2,1-3H3/t8-,11-. The minimum absolute atomic E-state index is 0.00308. The number of oxazole rings is 1. The molecule has 1 fully saturated rings. The average Bonchev–Trinajstić information content (AvgIpc) is 2.61. The van der Waals surface area contributed by atoms with E-state index in [1.54, 1.807) is 0 Å². The number of aromatic nitrogens is 1. The van der Waals surface area contributed by atoms with Crippen molar-refractivity contribution in [3.05, 3.63) is 17.3 Å². The van der Waals surface area contributed by atoms with Gasteiger partial charge in [-0.1, -0.05) is 6.92 Å². The molecule has 0 aromatic carbocycles. The number of nitrogens with zero attached hydrogens (tertiary/aromatic N) is 1. The van der Waals surface area contributed by atoms with E-state index in [0.717, 1.165) is 24.7 Å². The summed E-state index contributed by atoms with van der Waals surface area (Å²) >= 11 is 0. The van der Waals surface area contributed by atoms with Crippen LogP contribution in [0.5, 0.6) is 0 Å². The molecule has 0 aliphatic heterocycles. The van der Waals surface area contributed by atoms with Gasteiger partial charge >= 0.3 is 0 Å². The molecule has 1 aromatic heterocycles. The quantitative estimate of drug-likeness (QED) is 0.718. The highest BCUT2D eigenvalue weighted by molar-refractivity contribution is 5.92. The number of aryl methyl sites for hydroxylation is 1. The molecule has 1 aliphatic carbocycles. The Labute approximate surface area is 96.3 Å². The highest BCUT2D eigenvalue weighted by Crippen LogP contribution is 2.35. The predicted octanol–water partition coefficient (Wildman–Crippen LogP) is 3.48. The van der Waals surface area contributed by atoms with Crippen molar-refractivity contribution in [2.45, 2.75) is 52.4 Å². The second kappa shape index (κ2) is 4.40. The second-order valence-electron chi connectivity index (χ2n) is 4.97. The van der Waals surface area contributed by atoms with Gasteiger partial charge in [-0.2, -0.15) is 0 Å². The molecule has 1 aromatic rings. The van der Waals surface area contributed by atoms with Crippen molar-refractivity contribution in [3.8, 4) is 0 Å². The first-order valence-corrected chi connectivity index (χ1v) is 6.06. The summed E-state index contributed by atoms with van der Waals surface area (Å²) < 4.78 is 5.62. The summed E-state index contributed by atoms with van der Waals surface area (Å²) in [5, 5.41) is 0. The summed E-state index contributed by atoms with van der Waals surface area (Å²) in [6.07, 6.45) is 4.75. The summed E-state index contributed by atoms with van der Waals surface area (Å²) in [6, 6.07) is 0. The van der Waals surface area contributed by atoms with Crippen molar-refractivity contribution >= 4 is 5.78 Å². The number of Topliss-reactive ketones (excluding diaryl/α,β-unsaturated/α-hetero) is 1. The number of ketones is 1. The normalized spacial score (nSPS) is 25.7. The molecule has 0 saturated heterocycles. The predicted molar refractivity (Wildman–Crippen MR) is 61.6 cm³/mol. The van der Waals surface area contributed by atoms with Crippen LogP contribution in [0, 0.1) is 12.8 Å². The summed E-state index contributed by atoms with van der Waals surface area (Å²) in [6.45, 7) is 5.65. The number of rotatable bonds is 2. The van der Waals surface area contributed by atoms with Crippen LogP contribution in [-0.2, 0) is 0 Å². The Kier molecular flexibility index (Phi) is 3.13. The molecule has 0 spiro atoms. The fourth-order valence-corrected chi connectivity index (χ4v) is 2.43. The molecule has 0 atom stereocenters. The zero-order valence-electron chi connectivity index (χ0n) is 10.2. The molecule has 0 radical (unpaired) electrons. The van der Waals surface area contributed by atoms with E-state index in [2.05, 4.69) is 11.9 Å². The zero-order chi connectivity index (χ0) is 11.7. The van der Waals surface area contributed by atoms with Crippen molar-refractivity contribution in [3.63, 3.8) is 0 Å². The highest BCUT2D eigenvalue weighted by atomic mass is 16.4. The maximum Gasteiger partial charge on any atom is 0.198 e. The lowest BCUT2D eigenvalue weighted by atomic mass is 9.83. The van der Waals surface area contributed by atoms with Gasteiger partial charge in [0.05, 0.1) is 0 Å². The van der Waals surface area contributed by atoms with E-state index < -0.39 is 0 Å². The zero-order valence-corrected chi connectivity index (χ0v) is 10.2. The van der Waals surface area contributed by atoms with Crippen LogP contribution in [0.4, 0.5) is 0 Å². The molecular formula is C13H19NO2. The Morgan fingerprint density at radius 1 is 1.31 bits per heavy atom. The van der Waals surface area contributed by atoms with E-state index in [9.17, 15) is 4.79 Å². The molecular weight excluding hydrogens is 202 g/mol. The summed E-state index contributed by atoms with van der Waals surface area (Å²) in [7, 11) is 0. The molecule has 2 rings (SSSR count). The number of hydrogen-bond donors (Lipinski definition) is 0. The summed E-state index contributed by atoms with van der Waals surface area (Å²) in [5.74, 6) is 2.68. The minimum Gasteiger partial charge on any atom is -0.445 e. The molecule has 0 bridgehead atoms. The van der Waals surface area contributed by atoms with Crippen LogP contribution < -0.4 is 0 Å². The molecule has 1 saturated carbocycles. The van der Waals surface area contributed by atoms with Gasteiger partial charge in [-0.25, -0.2) is 4.98 Å². The van der Waals surface area contributed by atoms with E-state index in [1.165, 1.54) is 19.8 Å². The van der Waals surface area contributed by atoms with Crippen molar-refractivity contribution in [1.29, 1.82) is 0 Å². The fraction of sp³-hybridized carbons (Fsp3) is 0.692. The van der Waals surface area contributed by atoms with Crippen molar-refractivity contribution in [2.24, 2.45) is 5.92 Å². The Balaban J connectivity index is 2.15. The lowest BCUT2D eigenvalue weighted by Crippen LogP contribution is -2.11. The molecule has 0 N–H and O–H groups in total. The van der Waals surface area contributed by atoms with Crippen LogP contribution in [0.3, 0.4) is 0 Å². The van der Waals surface area contributed by atoms with Gasteiger partial charge < -0.3 is 4.42 Å². The smallest absolute Gasteiger partial charge is 0.198 e. The van der Waals surface area contributed by atoms with Crippen LogP contribution in [0.1, 0.15) is 67.6 Å². The Morgan fingerprint density at radius 2 is 1.94 bits per heavy atom. The van der Waals surface area contributed by atoms with E-state index in [4.69, 9.17) is 4.42 Å². The third-order valence-electron chi connectivity index (χ3n) is 3.51. The molecule has 1 aliphatic rings.